The third kappa shape index (κ3) is 3.35. The van der Waals surface area contributed by atoms with Crippen molar-refractivity contribution < 1.29 is 14.3 Å². The van der Waals surface area contributed by atoms with Gasteiger partial charge in [-0.1, -0.05) is 12.1 Å². The number of esters is 1. The molecule has 1 unspecified atom stereocenters. The van der Waals surface area contributed by atoms with E-state index in [2.05, 4.69) is 18.9 Å². The first-order valence-electron chi connectivity index (χ1n) is 7.23. The van der Waals surface area contributed by atoms with Crippen molar-refractivity contribution >= 4 is 11.7 Å². The molecule has 1 atom stereocenters. The summed E-state index contributed by atoms with van der Waals surface area (Å²) in [5.41, 5.74) is 1.61. The molecule has 2 rings (SSSR count). The molecule has 1 aromatic carbocycles. The summed E-state index contributed by atoms with van der Waals surface area (Å²) in [6.07, 6.45) is 0.573. The number of ether oxygens (including phenoxy) is 2. The maximum absolute atomic E-state index is 11.9. The molecule has 5 heteroatoms. The fourth-order valence-electron chi connectivity index (χ4n) is 2.44. The van der Waals surface area contributed by atoms with E-state index in [0.717, 1.165) is 11.3 Å². The molecule has 1 aliphatic rings. The average molecular weight is 290 g/mol. The molecule has 0 amide bonds. The van der Waals surface area contributed by atoms with Gasteiger partial charge in [-0.15, -0.1) is 0 Å². The Balaban J connectivity index is 2.21. The lowest BCUT2D eigenvalue weighted by Gasteiger charge is -2.27. The first-order valence-corrected chi connectivity index (χ1v) is 7.23. The molecule has 21 heavy (non-hydrogen) atoms. The molecule has 1 aliphatic heterocycles. The normalized spacial score (nSPS) is 17.9. The minimum Gasteiger partial charge on any atom is -0.497 e. The standard InChI is InChI=1S/C16H22N2O3/c1-5-21-16(19)14-10-15(18(17-14)11(2)3)12-6-8-13(20-4)9-7-12/h6-9,11,15H,5,10H2,1-4H3. The fraction of sp³-hybridized carbons (Fsp3) is 0.500. The highest BCUT2D eigenvalue weighted by Crippen LogP contribution is 2.33. The highest BCUT2D eigenvalue weighted by atomic mass is 16.5. The Morgan fingerprint density at radius 1 is 1.38 bits per heavy atom. The van der Waals surface area contributed by atoms with Crippen LogP contribution in [0.3, 0.4) is 0 Å². The summed E-state index contributed by atoms with van der Waals surface area (Å²) >= 11 is 0. The first-order chi connectivity index (χ1) is 10.1. The third-order valence-electron chi connectivity index (χ3n) is 3.48. The van der Waals surface area contributed by atoms with Gasteiger partial charge in [0.15, 0.2) is 0 Å². The molecule has 0 N–H and O–H groups in total. The predicted molar refractivity (Wildman–Crippen MR) is 81.4 cm³/mol. The summed E-state index contributed by atoms with van der Waals surface area (Å²) in [5.74, 6) is 0.499. The Bertz CT molecular complexity index is 523. The molecule has 1 heterocycles. The van der Waals surface area contributed by atoms with E-state index in [9.17, 15) is 4.79 Å². The fourth-order valence-corrected chi connectivity index (χ4v) is 2.44. The molecule has 1 aromatic rings. The molecule has 0 saturated carbocycles. The van der Waals surface area contributed by atoms with Crippen molar-refractivity contribution in [1.29, 1.82) is 0 Å². The highest BCUT2D eigenvalue weighted by molar-refractivity contribution is 6.36. The minimum absolute atomic E-state index is 0.0651. The van der Waals surface area contributed by atoms with Crippen LogP contribution in [-0.2, 0) is 9.53 Å². The Morgan fingerprint density at radius 3 is 2.57 bits per heavy atom. The van der Waals surface area contributed by atoms with Crippen LogP contribution in [-0.4, -0.2) is 36.4 Å². The van der Waals surface area contributed by atoms with Crippen LogP contribution < -0.4 is 4.74 Å². The molecule has 0 spiro atoms. The Morgan fingerprint density at radius 2 is 2.05 bits per heavy atom. The van der Waals surface area contributed by atoms with Gasteiger partial charge >= 0.3 is 5.97 Å². The Labute approximate surface area is 125 Å². The van der Waals surface area contributed by atoms with Gasteiger partial charge < -0.3 is 9.47 Å². The number of hydrogen-bond acceptors (Lipinski definition) is 5. The van der Waals surface area contributed by atoms with Crippen molar-refractivity contribution in [1.82, 2.24) is 5.01 Å². The van der Waals surface area contributed by atoms with E-state index in [1.54, 1.807) is 14.0 Å². The van der Waals surface area contributed by atoms with Gasteiger partial charge in [0.25, 0.3) is 0 Å². The number of nitrogens with zero attached hydrogens (tertiary/aromatic N) is 2. The number of carbonyl (C=O) groups excluding carboxylic acids is 1. The maximum atomic E-state index is 11.9. The monoisotopic (exact) mass is 290 g/mol. The number of hydrogen-bond donors (Lipinski definition) is 0. The van der Waals surface area contributed by atoms with Crippen molar-refractivity contribution in [3.8, 4) is 5.75 Å². The quantitative estimate of drug-likeness (QED) is 0.782. The minimum atomic E-state index is -0.320. The van der Waals surface area contributed by atoms with Crippen LogP contribution in [0.2, 0.25) is 0 Å². The van der Waals surface area contributed by atoms with Gasteiger partial charge in [-0.2, -0.15) is 5.10 Å². The lowest BCUT2D eigenvalue weighted by molar-refractivity contribution is -0.135. The van der Waals surface area contributed by atoms with Gasteiger partial charge in [0.2, 0.25) is 0 Å². The van der Waals surface area contributed by atoms with Gasteiger partial charge in [0.1, 0.15) is 11.5 Å². The van der Waals surface area contributed by atoms with Crippen LogP contribution in [0.1, 0.15) is 38.8 Å². The summed E-state index contributed by atoms with van der Waals surface area (Å²) in [6.45, 7) is 6.30. The topological polar surface area (TPSA) is 51.1 Å². The number of benzene rings is 1. The van der Waals surface area contributed by atoms with Crippen LogP contribution in [0.25, 0.3) is 0 Å². The Hall–Kier alpha value is -2.04. The van der Waals surface area contributed by atoms with Crippen molar-refractivity contribution in [2.24, 2.45) is 5.10 Å². The molecule has 0 aromatic heterocycles. The third-order valence-corrected chi connectivity index (χ3v) is 3.48. The van der Waals surface area contributed by atoms with Gasteiger partial charge in [0, 0.05) is 12.5 Å². The average Bonchev–Trinajstić information content (AvgIpc) is 2.93. The zero-order chi connectivity index (χ0) is 15.4. The van der Waals surface area contributed by atoms with E-state index < -0.39 is 0 Å². The lowest BCUT2D eigenvalue weighted by atomic mass is 10.0. The maximum Gasteiger partial charge on any atom is 0.354 e. The zero-order valence-corrected chi connectivity index (χ0v) is 13.0. The lowest BCUT2D eigenvalue weighted by Crippen LogP contribution is -2.26. The molecular weight excluding hydrogens is 268 g/mol. The van der Waals surface area contributed by atoms with E-state index in [1.165, 1.54) is 0 Å². The molecule has 0 fully saturated rings. The second kappa shape index (κ2) is 6.61. The van der Waals surface area contributed by atoms with Crippen LogP contribution in [0.5, 0.6) is 5.75 Å². The summed E-state index contributed by atoms with van der Waals surface area (Å²) in [6, 6.07) is 8.16. The molecule has 0 bridgehead atoms. The number of methoxy groups -OCH3 is 1. The zero-order valence-electron chi connectivity index (χ0n) is 13.0. The first kappa shape index (κ1) is 15.4. The predicted octanol–water partition coefficient (Wildman–Crippen LogP) is 2.77. The molecule has 0 aliphatic carbocycles. The number of carbonyl (C=O) groups is 1. The van der Waals surface area contributed by atoms with Gasteiger partial charge in [-0.3, -0.25) is 5.01 Å². The Kier molecular flexibility index (Phi) is 4.83. The largest absolute Gasteiger partial charge is 0.497 e. The number of rotatable bonds is 5. The van der Waals surface area contributed by atoms with Crippen molar-refractivity contribution in [3.63, 3.8) is 0 Å². The van der Waals surface area contributed by atoms with E-state index >= 15 is 0 Å². The summed E-state index contributed by atoms with van der Waals surface area (Å²) in [7, 11) is 1.65. The number of hydrazone groups is 1. The molecule has 0 radical (unpaired) electrons. The van der Waals surface area contributed by atoms with E-state index in [1.807, 2.05) is 29.3 Å². The molecule has 114 valence electrons. The van der Waals surface area contributed by atoms with E-state index in [0.29, 0.717) is 18.7 Å². The van der Waals surface area contributed by atoms with Gasteiger partial charge in [-0.05, 0) is 38.5 Å². The highest BCUT2D eigenvalue weighted by Gasteiger charge is 2.33. The molecular formula is C16H22N2O3. The smallest absolute Gasteiger partial charge is 0.354 e. The SMILES string of the molecule is CCOC(=O)C1=NN(C(C)C)C(c2ccc(OC)cc2)C1. The molecule has 5 nitrogen and oxygen atoms in total. The van der Waals surface area contributed by atoms with Crippen molar-refractivity contribution in [2.75, 3.05) is 13.7 Å². The van der Waals surface area contributed by atoms with E-state index in [4.69, 9.17) is 9.47 Å². The second-order valence-electron chi connectivity index (χ2n) is 5.23. The summed E-state index contributed by atoms with van der Waals surface area (Å²) < 4.78 is 10.2. The van der Waals surface area contributed by atoms with E-state index in [-0.39, 0.29) is 18.1 Å². The molecule has 0 saturated heterocycles. The van der Waals surface area contributed by atoms with Crippen molar-refractivity contribution in [2.45, 2.75) is 39.3 Å². The van der Waals surface area contributed by atoms with Crippen molar-refractivity contribution in [3.05, 3.63) is 29.8 Å². The van der Waals surface area contributed by atoms with Gasteiger partial charge in [0.05, 0.1) is 19.8 Å². The van der Waals surface area contributed by atoms with Crippen LogP contribution in [0, 0.1) is 0 Å². The van der Waals surface area contributed by atoms with Crippen LogP contribution in [0.15, 0.2) is 29.4 Å². The van der Waals surface area contributed by atoms with Gasteiger partial charge in [-0.25, -0.2) is 4.79 Å². The van der Waals surface area contributed by atoms with Crippen LogP contribution >= 0.6 is 0 Å². The summed E-state index contributed by atoms with van der Waals surface area (Å²) in [5, 5.41) is 6.42. The summed E-state index contributed by atoms with van der Waals surface area (Å²) in [4.78, 5) is 11.9. The second-order valence-corrected chi connectivity index (χ2v) is 5.23. The van der Waals surface area contributed by atoms with Crippen LogP contribution in [0.4, 0.5) is 0 Å².